The molecule has 13 heavy (non-hydrogen) atoms. The third kappa shape index (κ3) is 2.21. The van der Waals surface area contributed by atoms with Crippen molar-refractivity contribution in [3.05, 3.63) is 30.1 Å². The molecule has 0 aliphatic carbocycles. The molecule has 2 rings (SSSR count). The molecule has 0 spiro atoms. The zero-order valence-electron chi connectivity index (χ0n) is 8.15. The van der Waals surface area contributed by atoms with Gasteiger partial charge in [-0.1, -0.05) is 26.0 Å². The van der Waals surface area contributed by atoms with Crippen LogP contribution in [-0.4, -0.2) is 15.2 Å². The lowest BCUT2D eigenvalue weighted by molar-refractivity contribution is 0.952. The van der Waals surface area contributed by atoms with Gasteiger partial charge in [0.15, 0.2) is 0 Å². The minimum Gasteiger partial charge on any atom is -0.230 e. The Morgan fingerprint density at radius 1 is 0.923 bits per heavy atom. The Bertz CT molecular complexity index is 385. The number of para-hydroxylation sites is 1. The lowest BCUT2D eigenvalue weighted by Crippen LogP contribution is -1.91. The number of rotatable bonds is 0. The molecule has 0 aliphatic rings. The first-order valence-electron chi connectivity index (χ1n) is 4.42. The summed E-state index contributed by atoms with van der Waals surface area (Å²) in [7, 11) is 0. The molecule has 0 radical (unpaired) electrons. The van der Waals surface area contributed by atoms with E-state index in [-0.39, 0.29) is 0 Å². The summed E-state index contributed by atoms with van der Waals surface area (Å²) in [6, 6.07) is 7.69. The number of nitrogens with zero attached hydrogens (tertiary/aromatic N) is 3. The van der Waals surface area contributed by atoms with Crippen molar-refractivity contribution in [2.45, 2.75) is 20.8 Å². The van der Waals surface area contributed by atoms with Crippen LogP contribution in [0.1, 0.15) is 19.7 Å². The monoisotopic (exact) mass is 175 g/mol. The number of hydrogen-bond acceptors (Lipinski definition) is 3. The Kier molecular flexibility index (Phi) is 3.31. The fourth-order valence-electron chi connectivity index (χ4n) is 0.966. The minimum absolute atomic E-state index is 0.712. The van der Waals surface area contributed by atoms with Crippen molar-refractivity contribution in [1.82, 2.24) is 15.2 Å². The van der Waals surface area contributed by atoms with Crippen molar-refractivity contribution in [3.8, 4) is 0 Å². The first-order valence-corrected chi connectivity index (χ1v) is 4.42. The lowest BCUT2D eigenvalue weighted by atomic mass is 10.3. The van der Waals surface area contributed by atoms with E-state index in [4.69, 9.17) is 0 Å². The molecule has 0 saturated heterocycles. The topological polar surface area (TPSA) is 38.7 Å². The quantitative estimate of drug-likeness (QED) is 0.617. The SMILES string of the molecule is CC.Cc1nnc2ccccc2n1. The molecule has 0 N–H and O–H groups in total. The third-order valence-electron chi connectivity index (χ3n) is 1.47. The smallest absolute Gasteiger partial charge is 0.148 e. The van der Waals surface area contributed by atoms with Gasteiger partial charge in [0.05, 0.1) is 5.52 Å². The summed E-state index contributed by atoms with van der Waals surface area (Å²) in [5, 5.41) is 7.81. The van der Waals surface area contributed by atoms with E-state index in [1.165, 1.54) is 0 Å². The lowest BCUT2D eigenvalue weighted by Gasteiger charge is -1.93. The van der Waals surface area contributed by atoms with E-state index >= 15 is 0 Å². The molecule has 0 aliphatic heterocycles. The van der Waals surface area contributed by atoms with E-state index in [1.807, 2.05) is 45.0 Å². The summed E-state index contributed by atoms with van der Waals surface area (Å²) in [6.07, 6.45) is 0. The van der Waals surface area contributed by atoms with E-state index in [2.05, 4.69) is 15.2 Å². The second-order valence-corrected chi connectivity index (χ2v) is 2.35. The molecule has 2 aromatic rings. The second-order valence-electron chi connectivity index (χ2n) is 2.35. The zero-order chi connectivity index (χ0) is 9.68. The molecule has 0 atom stereocenters. The standard InChI is InChI=1S/C8H7N3.C2H6/c1-6-9-7-4-2-3-5-8(7)11-10-6;1-2/h2-5H,1H3;1-2H3. The van der Waals surface area contributed by atoms with Gasteiger partial charge < -0.3 is 0 Å². The van der Waals surface area contributed by atoms with Crippen molar-refractivity contribution in [1.29, 1.82) is 0 Å². The highest BCUT2D eigenvalue weighted by molar-refractivity contribution is 5.72. The van der Waals surface area contributed by atoms with Crippen molar-refractivity contribution < 1.29 is 0 Å². The summed E-state index contributed by atoms with van der Waals surface area (Å²) in [5.74, 6) is 0.712. The number of fused-ring (bicyclic) bond motifs is 1. The predicted molar refractivity (Wildman–Crippen MR) is 53.4 cm³/mol. The summed E-state index contributed by atoms with van der Waals surface area (Å²) >= 11 is 0. The minimum atomic E-state index is 0.712. The van der Waals surface area contributed by atoms with Gasteiger partial charge in [-0.15, -0.1) is 10.2 Å². The second kappa shape index (κ2) is 4.50. The van der Waals surface area contributed by atoms with Crippen LogP contribution in [0, 0.1) is 6.92 Å². The molecule has 68 valence electrons. The van der Waals surface area contributed by atoms with E-state index in [1.54, 1.807) is 0 Å². The average Bonchev–Trinajstić information content (AvgIpc) is 2.21. The zero-order valence-corrected chi connectivity index (χ0v) is 8.15. The van der Waals surface area contributed by atoms with E-state index in [0.717, 1.165) is 11.0 Å². The van der Waals surface area contributed by atoms with Crippen LogP contribution >= 0.6 is 0 Å². The molecule has 3 heteroatoms. The molecule has 0 bridgehead atoms. The fraction of sp³-hybridized carbons (Fsp3) is 0.300. The number of benzene rings is 1. The van der Waals surface area contributed by atoms with Crippen LogP contribution in [0.2, 0.25) is 0 Å². The van der Waals surface area contributed by atoms with Gasteiger partial charge in [-0.3, -0.25) is 0 Å². The van der Waals surface area contributed by atoms with Crippen molar-refractivity contribution in [2.24, 2.45) is 0 Å². The van der Waals surface area contributed by atoms with Crippen LogP contribution in [0.5, 0.6) is 0 Å². The van der Waals surface area contributed by atoms with Crippen LogP contribution in [0.15, 0.2) is 24.3 Å². The van der Waals surface area contributed by atoms with Crippen LogP contribution < -0.4 is 0 Å². The largest absolute Gasteiger partial charge is 0.230 e. The predicted octanol–water partition coefficient (Wildman–Crippen LogP) is 2.36. The highest BCUT2D eigenvalue weighted by Crippen LogP contribution is 2.05. The molecule has 0 fully saturated rings. The van der Waals surface area contributed by atoms with Gasteiger partial charge >= 0.3 is 0 Å². The Balaban J connectivity index is 0.000000396. The summed E-state index contributed by atoms with van der Waals surface area (Å²) in [6.45, 7) is 5.83. The van der Waals surface area contributed by atoms with Gasteiger partial charge in [0, 0.05) is 0 Å². The number of hydrogen-bond donors (Lipinski definition) is 0. The Hall–Kier alpha value is -1.51. The highest BCUT2D eigenvalue weighted by Gasteiger charge is 1.93. The third-order valence-corrected chi connectivity index (χ3v) is 1.47. The average molecular weight is 175 g/mol. The molecule has 3 nitrogen and oxygen atoms in total. The van der Waals surface area contributed by atoms with Gasteiger partial charge in [-0.05, 0) is 19.1 Å². The fourth-order valence-corrected chi connectivity index (χ4v) is 0.966. The van der Waals surface area contributed by atoms with E-state index < -0.39 is 0 Å². The van der Waals surface area contributed by atoms with E-state index in [9.17, 15) is 0 Å². The summed E-state index contributed by atoms with van der Waals surface area (Å²) < 4.78 is 0. The molecular weight excluding hydrogens is 162 g/mol. The summed E-state index contributed by atoms with van der Waals surface area (Å²) in [5.41, 5.74) is 1.75. The van der Waals surface area contributed by atoms with Gasteiger partial charge in [0.2, 0.25) is 0 Å². The van der Waals surface area contributed by atoms with Crippen molar-refractivity contribution >= 4 is 11.0 Å². The highest BCUT2D eigenvalue weighted by atomic mass is 15.1. The molecule has 0 unspecified atom stereocenters. The van der Waals surface area contributed by atoms with Gasteiger partial charge in [0.1, 0.15) is 11.3 Å². The molecule has 0 amide bonds. The molecule has 1 heterocycles. The Morgan fingerprint density at radius 2 is 1.54 bits per heavy atom. The Labute approximate surface area is 77.8 Å². The van der Waals surface area contributed by atoms with Crippen LogP contribution in [0.3, 0.4) is 0 Å². The summed E-state index contributed by atoms with van der Waals surface area (Å²) in [4.78, 5) is 4.20. The molecular formula is C10H13N3. The maximum absolute atomic E-state index is 4.20. The molecule has 0 saturated carbocycles. The van der Waals surface area contributed by atoms with Crippen LogP contribution in [0.25, 0.3) is 11.0 Å². The normalized spacial score (nSPS) is 9.15. The first-order chi connectivity index (χ1) is 6.36. The van der Waals surface area contributed by atoms with Crippen molar-refractivity contribution in [3.63, 3.8) is 0 Å². The van der Waals surface area contributed by atoms with Gasteiger partial charge in [-0.2, -0.15) is 0 Å². The number of aromatic nitrogens is 3. The van der Waals surface area contributed by atoms with E-state index in [0.29, 0.717) is 5.82 Å². The molecule has 1 aromatic carbocycles. The van der Waals surface area contributed by atoms with Crippen LogP contribution in [-0.2, 0) is 0 Å². The van der Waals surface area contributed by atoms with Crippen LogP contribution in [0.4, 0.5) is 0 Å². The maximum Gasteiger partial charge on any atom is 0.148 e. The van der Waals surface area contributed by atoms with Gasteiger partial charge in [-0.25, -0.2) is 4.98 Å². The van der Waals surface area contributed by atoms with Gasteiger partial charge in [0.25, 0.3) is 0 Å². The first kappa shape index (κ1) is 9.58. The Morgan fingerprint density at radius 3 is 2.23 bits per heavy atom. The van der Waals surface area contributed by atoms with Crippen molar-refractivity contribution in [2.75, 3.05) is 0 Å². The number of aryl methyl sites for hydroxylation is 1. The molecule has 1 aromatic heterocycles. The maximum atomic E-state index is 4.20.